The first-order chi connectivity index (χ1) is 11.1. The molecule has 0 aromatic heterocycles. The number of hydrogen-bond acceptors (Lipinski definition) is 4. The second kappa shape index (κ2) is 6.81. The van der Waals surface area contributed by atoms with Crippen LogP contribution in [0.5, 0.6) is 0 Å². The minimum Gasteiger partial charge on any atom is -0.449 e. The van der Waals surface area contributed by atoms with Crippen molar-refractivity contribution in [3.05, 3.63) is 29.8 Å². The Hall–Kier alpha value is -2.37. The topological polar surface area (TPSA) is 79.8 Å². The maximum absolute atomic E-state index is 11.7. The first-order valence-electron chi connectivity index (χ1n) is 8.02. The highest BCUT2D eigenvalue weighted by molar-refractivity contribution is 6.06. The molecule has 1 aliphatic carbocycles. The Bertz CT molecular complexity index is 620. The van der Waals surface area contributed by atoms with Gasteiger partial charge in [0.1, 0.15) is 0 Å². The summed E-state index contributed by atoms with van der Waals surface area (Å²) in [5.74, 6) is 0.768. The molecule has 6 nitrogen and oxygen atoms in total. The van der Waals surface area contributed by atoms with E-state index < -0.39 is 6.09 Å². The van der Waals surface area contributed by atoms with Crippen molar-refractivity contribution in [3.8, 4) is 0 Å². The maximum Gasteiger partial charge on any atom is 0.411 e. The van der Waals surface area contributed by atoms with Crippen LogP contribution in [-0.4, -0.2) is 24.3 Å². The molecule has 1 fully saturated rings. The standard InChI is InChI=1S/C17H21N3O3/c1-11-10-15(21)19-20-16(11)13-4-6-14(7-5-13)18-17(22)23-9-8-12-2-3-12/h4-7,11-12H,2-3,8-10H2,1H3,(H,18,22)(H,19,21). The molecule has 0 saturated heterocycles. The Kier molecular flexibility index (Phi) is 4.60. The third-order valence-electron chi connectivity index (χ3n) is 4.14. The predicted octanol–water partition coefficient (Wildman–Crippen LogP) is 2.90. The van der Waals surface area contributed by atoms with Gasteiger partial charge in [-0.15, -0.1) is 0 Å². The van der Waals surface area contributed by atoms with Crippen molar-refractivity contribution in [1.82, 2.24) is 5.43 Å². The van der Waals surface area contributed by atoms with Crippen molar-refractivity contribution in [2.75, 3.05) is 11.9 Å². The van der Waals surface area contributed by atoms with Crippen molar-refractivity contribution in [1.29, 1.82) is 0 Å². The summed E-state index contributed by atoms with van der Waals surface area (Å²) in [6.45, 7) is 2.45. The summed E-state index contributed by atoms with van der Waals surface area (Å²) in [4.78, 5) is 23.0. The van der Waals surface area contributed by atoms with Gasteiger partial charge in [0.25, 0.3) is 0 Å². The summed E-state index contributed by atoms with van der Waals surface area (Å²) in [5, 5.41) is 6.83. The number of carbonyl (C=O) groups excluding carboxylic acids is 2. The van der Waals surface area contributed by atoms with Crippen LogP contribution in [-0.2, 0) is 9.53 Å². The van der Waals surface area contributed by atoms with Gasteiger partial charge in [-0.3, -0.25) is 10.1 Å². The van der Waals surface area contributed by atoms with Gasteiger partial charge in [0.15, 0.2) is 0 Å². The summed E-state index contributed by atoms with van der Waals surface area (Å²) >= 11 is 0. The third kappa shape index (κ3) is 4.31. The van der Waals surface area contributed by atoms with E-state index >= 15 is 0 Å². The van der Waals surface area contributed by atoms with Gasteiger partial charge in [-0.05, 0) is 30.0 Å². The van der Waals surface area contributed by atoms with Crippen LogP contribution in [0.4, 0.5) is 10.5 Å². The van der Waals surface area contributed by atoms with Crippen molar-refractivity contribution in [3.63, 3.8) is 0 Å². The maximum atomic E-state index is 11.7. The van der Waals surface area contributed by atoms with Gasteiger partial charge >= 0.3 is 6.09 Å². The molecule has 1 atom stereocenters. The number of hydrazone groups is 1. The lowest BCUT2D eigenvalue weighted by Gasteiger charge is -2.19. The Morgan fingerprint density at radius 2 is 2.09 bits per heavy atom. The molecule has 0 bridgehead atoms. The van der Waals surface area contributed by atoms with E-state index in [0.717, 1.165) is 23.6 Å². The Balaban J connectivity index is 1.54. The van der Waals surface area contributed by atoms with Crippen LogP contribution in [0.1, 0.15) is 38.2 Å². The molecule has 23 heavy (non-hydrogen) atoms. The lowest BCUT2D eigenvalue weighted by atomic mass is 9.94. The van der Waals surface area contributed by atoms with Gasteiger partial charge in [-0.2, -0.15) is 5.10 Å². The lowest BCUT2D eigenvalue weighted by Crippen LogP contribution is -2.31. The monoisotopic (exact) mass is 315 g/mol. The van der Waals surface area contributed by atoms with Crippen LogP contribution in [0.3, 0.4) is 0 Å². The second-order valence-corrected chi connectivity index (χ2v) is 6.21. The smallest absolute Gasteiger partial charge is 0.411 e. The van der Waals surface area contributed by atoms with Crippen LogP contribution in [0.2, 0.25) is 0 Å². The van der Waals surface area contributed by atoms with Crippen LogP contribution < -0.4 is 10.7 Å². The second-order valence-electron chi connectivity index (χ2n) is 6.21. The molecular formula is C17H21N3O3. The fourth-order valence-electron chi connectivity index (χ4n) is 2.61. The van der Waals surface area contributed by atoms with Crippen LogP contribution >= 0.6 is 0 Å². The Morgan fingerprint density at radius 1 is 1.35 bits per heavy atom. The Labute approximate surface area is 135 Å². The molecule has 3 rings (SSSR count). The van der Waals surface area contributed by atoms with Crippen LogP contribution in [0, 0.1) is 11.8 Å². The van der Waals surface area contributed by atoms with Crippen LogP contribution in [0.25, 0.3) is 0 Å². The zero-order valence-corrected chi connectivity index (χ0v) is 13.2. The predicted molar refractivity (Wildman–Crippen MR) is 87.2 cm³/mol. The number of ether oxygens (including phenoxy) is 1. The van der Waals surface area contributed by atoms with Gasteiger partial charge in [-0.1, -0.05) is 31.9 Å². The summed E-state index contributed by atoms with van der Waals surface area (Å²) in [5.41, 5.74) is 4.97. The van der Waals surface area contributed by atoms with Crippen molar-refractivity contribution in [2.24, 2.45) is 16.9 Å². The fraction of sp³-hybridized carbons (Fsp3) is 0.471. The van der Waals surface area contributed by atoms with E-state index in [1.54, 1.807) is 0 Å². The number of hydrogen-bond donors (Lipinski definition) is 2. The minimum atomic E-state index is -0.422. The first kappa shape index (κ1) is 15.5. The third-order valence-corrected chi connectivity index (χ3v) is 4.14. The zero-order valence-electron chi connectivity index (χ0n) is 13.2. The van der Waals surface area contributed by atoms with Gasteiger partial charge in [0, 0.05) is 18.0 Å². The van der Waals surface area contributed by atoms with E-state index in [2.05, 4.69) is 15.8 Å². The molecule has 1 heterocycles. The summed E-state index contributed by atoms with van der Waals surface area (Å²) < 4.78 is 5.15. The highest BCUT2D eigenvalue weighted by atomic mass is 16.5. The fourth-order valence-corrected chi connectivity index (χ4v) is 2.61. The summed E-state index contributed by atoms with van der Waals surface area (Å²) in [7, 11) is 0. The molecule has 1 aliphatic heterocycles. The highest BCUT2D eigenvalue weighted by Crippen LogP contribution is 2.32. The molecule has 122 valence electrons. The number of rotatable bonds is 5. The molecular weight excluding hydrogens is 294 g/mol. The van der Waals surface area contributed by atoms with E-state index in [4.69, 9.17) is 4.74 Å². The molecule has 0 radical (unpaired) electrons. The lowest BCUT2D eigenvalue weighted by molar-refractivity contribution is -0.121. The largest absolute Gasteiger partial charge is 0.449 e. The number of nitrogens with one attached hydrogen (secondary N) is 2. The Morgan fingerprint density at radius 3 is 2.74 bits per heavy atom. The molecule has 2 amide bonds. The average molecular weight is 315 g/mol. The molecule has 2 aliphatic rings. The molecule has 2 N–H and O–H groups in total. The van der Waals surface area contributed by atoms with Crippen molar-refractivity contribution < 1.29 is 14.3 Å². The van der Waals surface area contributed by atoms with Gasteiger partial charge in [0.05, 0.1) is 12.3 Å². The van der Waals surface area contributed by atoms with Crippen molar-refractivity contribution >= 4 is 23.4 Å². The molecule has 0 spiro atoms. The molecule has 1 aromatic carbocycles. The SMILES string of the molecule is CC1CC(=O)NN=C1c1ccc(NC(=O)OCCC2CC2)cc1. The zero-order chi connectivity index (χ0) is 16.2. The number of anilines is 1. The summed E-state index contributed by atoms with van der Waals surface area (Å²) in [6, 6.07) is 7.38. The molecule has 1 aromatic rings. The number of nitrogens with zero attached hydrogens (tertiary/aromatic N) is 1. The summed E-state index contributed by atoms with van der Waals surface area (Å²) in [6.07, 6.45) is 3.49. The average Bonchev–Trinajstić information content (AvgIpc) is 3.33. The normalized spacial score (nSPS) is 20.5. The number of amides is 2. The van der Waals surface area contributed by atoms with E-state index in [9.17, 15) is 9.59 Å². The van der Waals surface area contributed by atoms with E-state index in [0.29, 0.717) is 18.7 Å². The minimum absolute atomic E-state index is 0.0616. The molecule has 1 unspecified atom stereocenters. The number of benzene rings is 1. The van der Waals surface area contributed by atoms with E-state index in [1.165, 1.54) is 12.8 Å². The molecule has 6 heteroatoms. The number of carbonyl (C=O) groups is 2. The van der Waals surface area contributed by atoms with Crippen LogP contribution in [0.15, 0.2) is 29.4 Å². The van der Waals surface area contributed by atoms with E-state index in [1.807, 2.05) is 31.2 Å². The van der Waals surface area contributed by atoms with E-state index in [-0.39, 0.29) is 11.8 Å². The molecule has 1 saturated carbocycles. The highest BCUT2D eigenvalue weighted by Gasteiger charge is 2.22. The van der Waals surface area contributed by atoms with Gasteiger partial charge < -0.3 is 4.74 Å². The van der Waals surface area contributed by atoms with Gasteiger partial charge in [0.2, 0.25) is 5.91 Å². The first-order valence-corrected chi connectivity index (χ1v) is 8.02. The van der Waals surface area contributed by atoms with Crippen molar-refractivity contribution in [2.45, 2.75) is 32.6 Å². The quantitative estimate of drug-likeness (QED) is 0.876. The van der Waals surface area contributed by atoms with Gasteiger partial charge in [-0.25, -0.2) is 10.2 Å².